The normalized spacial score (nSPS) is 9.67. The third-order valence-electron chi connectivity index (χ3n) is 2.35. The Morgan fingerprint density at radius 1 is 1.33 bits per heavy atom. The molecule has 0 heterocycles. The molecule has 5 heteroatoms. The minimum Gasteiger partial charge on any atom is -0.465 e. The van der Waals surface area contributed by atoms with Crippen LogP contribution in [0, 0.1) is 0 Å². The second-order valence-corrected chi connectivity index (χ2v) is 4.03. The number of benzene rings is 1. The third kappa shape index (κ3) is 4.71. The summed E-state index contributed by atoms with van der Waals surface area (Å²) in [4.78, 5) is 11.2. The van der Waals surface area contributed by atoms with Crippen molar-refractivity contribution < 1.29 is 9.53 Å². The number of rotatable bonds is 5. The van der Waals surface area contributed by atoms with Gasteiger partial charge in [0.1, 0.15) is 6.54 Å². The van der Waals surface area contributed by atoms with Crippen LogP contribution in [0.25, 0.3) is 0 Å². The van der Waals surface area contributed by atoms with E-state index in [1.807, 2.05) is 24.3 Å². The summed E-state index contributed by atoms with van der Waals surface area (Å²) in [7, 11) is 0. The Morgan fingerprint density at radius 3 is 2.72 bits per heavy atom. The zero-order chi connectivity index (χ0) is 13.4. The molecular weight excluding hydrogens is 248 g/mol. The molecule has 0 amide bonds. The van der Waals surface area contributed by atoms with E-state index in [9.17, 15) is 4.79 Å². The van der Waals surface area contributed by atoms with Gasteiger partial charge in [0, 0.05) is 5.69 Å². The zero-order valence-corrected chi connectivity index (χ0v) is 11.5. The van der Waals surface area contributed by atoms with Crippen molar-refractivity contribution >= 4 is 29.0 Å². The molecule has 1 rings (SSSR count). The summed E-state index contributed by atoms with van der Waals surface area (Å²) in [5.74, 6) is -0.314. The number of nitrogens with one attached hydrogen (secondary N) is 2. The molecule has 0 fully saturated rings. The number of thiocarbonyl (C=S) groups is 1. The van der Waals surface area contributed by atoms with E-state index in [1.165, 1.54) is 5.56 Å². The summed E-state index contributed by atoms with van der Waals surface area (Å²) in [6.07, 6.45) is 0.920. The van der Waals surface area contributed by atoms with Gasteiger partial charge in [-0.25, -0.2) is 0 Å². The van der Waals surface area contributed by atoms with Gasteiger partial charge in [-0.05, 0) is 37.2 Å². The lowest BCUT2D eigenvalue weighted by atomic mass is 10.1. The maximum atomic E-state index is 11.2. The minimum absolute atomic E-state index is 0.0773. The summed E-state index contributed by atoms with van der Waals surface area (Å²) >= 11 is 5.12. The topological polar surface area (TPSA) is 50.4 Å². The highest BCUT2D eigenvalue weighted by molar-refractivity contribution is 7.80. The fraction of sp³-hybridized carbons (Fsp3) is 0.385. The quantitative estimate of drug-likeness (QED) is 0.631. The van der Waals surface area contributed by atoms with Gasteiger partial charge in [-0.15, -0.1) is 0 Å². The first kappa shape index (κ1) is 14.4. The van der Waals surface area contributed by atoms with Gasteiger partial charge < -0.3 is 15.4 Å². The predicted octanol–water partition coefficient (Wildman–Crippen LogP) is 2.10. The zero-order valence-electron chi connectivity index (χ0n) is 10.7. The van der Waals surface area contributed by atoms with E-state index in [4.69, 9.17) is 17.0 Å². The number of ether oxygens (including phenoxy) is 1. The van der Waals surface area contributed by atoms with Gasteiger partial charge in [-0.2, -0.15) is 0 Å². The maximum absolute atomic E-state index is 11.2. The van der Waals surface area contributed by atoms with Crippen molar-refractivity contribution in [2.24, 2.45) is 0 Å². The number of anilines is 1. The van der Waals surface area contributed by atoms with Crippen molar-refractivity contribution in [2.45, 2.75) is 20.3 Å². The molecule has 0 aliphatic rings. The van der Waals surface area contributed by atoms with Crippen LogP contribution in [0.4, 0.5) is 5.69 Å². The number of hydrogen-bond acceptors (Lipinski definition) is 3. The average Bonchev–Trinajstić information content (AvgIpc) is 2.37. The van der Waals surface area contributed by atoms with E-state index in [0.29, 0.717) is 11.7 Å². The second-order valence-electron chi connectivity index (χ2n) is 3.62. The van der Waals surface area contributed by atoms with E-state index in [-0.39, 0.29) is 12.5 Å². The number of carbonyl (C=O) groups excluding carboxylic acids is 1. The molecule has 0 aliphatic carbocycles. The van der Waals surface area contributed by atoms with Crippen LogP contribution >= 0.6 is 12.2 Å². The third-order valence-corrected chi connectivity index (χ3v) is 2.59. The minimum atomic E-state index is -0.314. The van der Waals surface area contributed by atoms with E-state index in [2.05, 4.69) is 17.6 Å². The van der Waals surface area contributed by atoms with Gasteiger partial charge >= 0.3 is 5.97 Å². The Hall–Kier alpha value is -1.62. The summed E-state index contributed by atoms with van der Waals surface area (Å²) in [5.41, 5.74) is 2.14. The molecule has 0 unspecified atom stereocenters. The maximum Gasteiger partial charge on any atom is 0.325 e. The lowest BCUT2D eigenvalue weighted by Crippen LogP contribution is -2.34. The van der Waals surface area contributed by atoms with Gasteiger partial charge in [0.05, 0.1) is 6.61 Å². The highest BCUT2D eigenvalue weighted by Gasteiger charge is 2.05. The molecule has 0 aliphatic heterocycles. The van der Waals surface area contributed by atoms with E-state index in [1.54, 1.807) is 6.92 Å². The number of para-hydroxylation sites is 1. The number of esters is 1. The molecule has 98 valence electrons. The fourth-order valence-electron chi connectivity index (χ4n) is 1.48. The molecule has 2 N–H and O–H groups in total. The monoisotopic (exact) mass is 266 g/mol. The summed E-state index contributed by atoms with van der Waals surface area (Å²) < 4.78 is 4.80. The lowest BCUT2D eigenvalue weighted by Gasteiger charge is -2.12. The van der Waals surface area contributed by atoms with Crippen LogP contribution in [0.1, 0.15) is 19.4 Å². The Bertz CT molecular complexity index is 421. The van der Waals surface area contributed by atoms with E-state index in [0.717, 1.165) is 12.1 Å². The molecule has 0 bridgehead atoms. The van der Waals surface area contributed by atoms with Crippen molar-refractivity contribution in [2.75, 3.05) is 18.5 Å². The smallest absolute Gasteiger partial charge is 0.325 e. The number of aryl methyl sites for hydroxylation is 1. The standard InChI is InChI=1S/C13H18N2O2S/c1-3-10-7-5-6-8-11(10)15-13(18)14-9-12(16)17-4-2/h5-8H,3-4,9H2,1-2H3,(H2,14,15,18). The lowest BCUT2D eigenvalue weighted by molar-refractivity contribution is -0.141. The van der Waals surface area contributed by atoms with E-state index >= 15 is 0 Å². The molecule has 0 spiro atoms. The largest absolute Gasteiger partial charge is 0.465 e. The molecule has 4 nitrogen and oxygen atoms in total. The van der Waals surface area contributed by atoms with Crippen molar-refractivity contribution in [3.63, 3.8) is 0 Å². The van der Waals surface area contributed by atoms with E-state index < -0.39 is 0 Å². The van der Waals surface area contributed by atoms with Crippen LogP contribution in [-0.2, 0) is 16.0 Å². The molecule has 0 saturated heterocycles. The molecule has 0 saturated carbocycles. The van der Waals surface area contributed by atoms with Crippen molar-refractivity contribution in [3.05, 3.63) is 29.8 Å². The SMILES string of the molecule is CCOC(=O)CNC(=S)Nc1ccccc1CC. The highest BCUT2D eigenvalue weighted by atomic mass is 32.1. The Labute approximate surface area is 113 Å². The average molecular weight is 266 g/mol. The van der Waals surface area contributed by atoms with Gasteiger partial charge in [0.2, 0.25) is 0 Å². The first-order chi connectivity index (χ1) is 8.67. The molecule has 1 aromatic rings. The van der Waals surface area contributed by atoms with Crippen molar-refractivity contribution in [1.29, 1.82) is 0 Å². The number of carbonyl (C=O) groups is 1. The second kappa shape index (κ2) is 7.66. The molecule has 0 radical (unpaired) electrons. The molecule has 18 heavy (non-hydrogen) atoms. The van der Waals surface area contributed by atoms with Crippen molar-refractivity contribution in [1.82, 2.24) is 5.32 Å². The first-order valence-corrected chi connectivity index (χ1v) is 6.36. The fourth-order valence-corrected chi connectivity index (χ4v) is 1.66. The van der Waals surface area contributed by atoms with Crippen LogP contribution in [0.15, 0.2) is 24.3 Å². The Morgan fingerprint density at radius 2 is 2.06 bits per heavy atom. The molecule has 1 aromatic carbocycles. The van der Waals surface area contributed by atoms with Crippen LogP contribution in [-0.4, -0.2) is 24.2 Å². The van der Waals surface area contributed by atoms with Crippen LogP contribution < -0.4 is 10.6 Å². The Kier molecular flexibility index (Phi) is 6.14. The van der Waals surface area contributed by atoms with Crippen molar-refractivity contribution in [3.8, 4) is 0 Å². The molecule has 0 atom stereocenters. The molecule has 0 aromatic heterocycles. The van der Waals surface area contributed by atoms with Gasteiger partial charge in [-0.1, -0.05) is 25.1 Å². The summed E-state index contributed by atoms with van der Waals surface area (Å²) in [6, 6.07) is 7.92. The molecular formula is C13H18N2O2S. The summed E-state index contributed by atoms with van der Waals surface area (Å²) in [5, 5.41) is 6.30. The van der Waals surface area contributed by atoms with Crippen LogP contribution in [0.5, 0.6) is 0 Å². The first-order valence-electron chi connectivity index (χ1n) is 5.95. The van der Waals surface area contributed by atoms with Gasteiger partial charge in [-0.3, -0.25) is 4.79 Å². The predicted molar refractivity (Wildman–Crippen MR) is 76.7 cm³/mol. The van der Waals surface area contributed by atoms with Crippen LogP contribution in [0.3, 0.4) is 0 Å². The highest BCUT2D eigenvalue weighted by Crippen LogP contribution is 2.14. The van der Waals surface area contributed by atoms with Gasteiger partial charge in [0.15, 0.2) is 5.11 Å². The summed E-state index contributed by atoms with van der Waals surface area (Å²) in [6.45, 7) is 4.30. The van der Waals surface area contributed by atoms with Gasteiger partial charge in [0.25, 0.3) is 0 Å². The Balaban J connectivity index is 2.47. The number of hydrogen-bond donors (Lipinski definition) is 2. The van der Waals surface area contributed by atoms with Crippen LogP contribution in [0.2, 0.25) is 0 Å².